The van der Waals surface area contributed by atoms with Gasteiger partial charge in [0.1, 0.15) is 5.75 Å². The Kier molecular flexibility index (Phi) is 10.6. The lowest BCUT2D eigenvalue weighted by Gasteiger charge is -2.42. The van der Waals surface area contributed by atoms with Gasteiger partial charge in [0.2, 0.25) is 5.91 Å². The largest absolute Gasteiger partial charge is 0.495 e. The van der Waals surface area contributed by atoms with E-state index in [2.05, 4.69) is 20.9 Å². The number of guanidine groups is 1. The average molecular weight is 504 g/mol. The minimum absolute atomic E-state index is 0. The second kappa shape index (κ2) is 12.1. The highest BCUT2D eigenvalue weighted by Crippen LogP contribution is 2.43. The second-order valence-electron chi connectivity index (χ2n) is 7.09. The monoisotopic (exact) mass is 504 g/mol. The molecule has 3 N–H and O–H groups in total. The topological polar surface area (TPSA) is 84.0 Å². The zero-order chi connectivity index (χ0) is 19.7. The quantitative estimate of drug-likeness (QED) is 0.274. The summed E-state index contributed by atoms with van der Waals surface area (Å²) in [5.41, 5.74) is 2.02. The Labute approximate surface area is 185 Å². The number of hydrogen-bond acceptors (Lipinski definition) is 4. The minimum Gasteiger partial charge on any atom is -0.495 e. The fourth-order valence-electron chi connectivity index (χ4n) is 3.34. The lowest BCUT2D eigenvalue weighted by Crippen LogP contribution is -2.46. The highest BCUT2D eigenvalue weighted by molar-refractivity contribution is 14.0. The molecule has 1 aromatic carbocycles. The summed E-state index contributed by atoms with van der Waals surface area (Å²) in [7, 11) is 5.11. The van der Waals surface area contributed by atoms with E-state index in [9.17, 15) is 4.79 Å². The summed E-state index contributed by atoms with van der Waals surface area (Å²) >= 11 is 0. The number of ether oxygens (including phenoxy) is 2. The van der Waals surface area contributed by atoms with Crippen LogP contribution in [0.25, 0.3) is 0 Å². The van der Waals surface area contributed by atoms with Gasteiger partial charge >= 0.3 is 0 Å². The normalized spacial score (nSPS) is 15.1. The Morgan fingerprint density at radius 1 is 1.25 bits per heavy atom. The maximum absolute atomic E-state index is 11.4. The first-order valence-electron chi connectivity index (χ1n) is 9.40. The van der Waals surface area contributed by atoms with Crippen LogP contribution in [-0.4, -0.2) is 46.3 Å². The van der Waals surface area contributed by atoms with Crippen molar-refractivity contribution >= 4 is 41.5 Å². The first kappa shape index (κ1) is 24.5. The summed E-state index contributed by atoms with van der Waals surface area (Å²) < 4.78 is 10.5. The van der Waals surface area contributed by atoms with E-state index in [1.54, 1.807) is 21.3 Å². The lowest BCUT2D eigenvalue weighted by atomic mass is 9.67. The number of benzene rings is 1. The molecule has 7 nitrogen and oxygen atoms in total. The highest BCUT2D eigenvalue weighted by atomic mass is 127. The van der Waals surface area contributed by atoms with Crippen molar-refractivity contribution in [3.63, 3.8) is 0 Å². The van der Waals surface area contributed by atoms with Crippen LogP contribution in [0, 0.1) is 5.41 Å². The molecule has 0 unspecified atom stereocenters. The Hall–Kier alpha value is -1.55. The lowest BCUT2D eigenvalue weighted by molar-refractivity contribution is -0.114. The summed E-state index contributed by atoms with van der Waals surface area (Å²) in [6, 6.07) is 5.73. The number of carbonyl (C=O) groups is 1. The molecule has 0 atom stereocenters. The van der Waals surface area contributed by atoms with Crippen LogP contribution in [0.15, 0.2) is 23.2 Å². The van der Waals surface area contributed by atoms with Crippen molar-refractivity contribution in [3.8, 4) is 5.75 Å². The van der Waals surface area contributed by atoms with Crippen molar-refractivity contribution in [2.24, 2.45) is 10.4 Å². The summed E-state index contributed by atoms with van der Waals surface area (Å²) in [4.78, 5) is 15.7. The molecule has 8 heteroatoms. The SMILES string of the molecule is CN=C(NCc1ccc(OC)c(NC(C)=O)c1)NCC1(CCOC)CCC1.I. The summed E-state index contributed by atoms with van der Waals surface area (Å²) in [5, 5.41) is 9.58. The van der Waals surface area contributed by atoms with Gasteiger partial charge in [-0.2, -0.15) is 0 Å². The van der Waals surface area contributed by atoms with Gasteiger partial charge < -0.3 is 25.4 Å². The fourth-order valence-corrected chi connectivity index (χ4v) is 3.34. The van der Waals surface area contributed by atoms with Crippen LogP contribution in [0.3, 0.4) is 0 Å². The van der Waals surface area contributed by atoms with E-state index in [0.717, 1.165) is 31.1 Å². The first-order valence-corrected chi connectivity index (χ1v) is 9.40. The Balaban J connectivity index is 0.00000392. The summed E-state index contributed by atoms with van der Waals surface area (Å²) in [5.74, 6) is 1.29. The molecule has 0 aromatic heterocycles. The van der Waals surface area contributed by atoms with Gasteiger partial charge in [0.15, 0.2) is 5.96 Å². The van der Waals surface area contributed by atoms with Crippen LogP contribution >= 0.6 is 24.0 Å². The van der Waals surface area contributed by atoms with E-state index >= 15 is 0 Å². The molecule has 1 fully saturated rings. The maximum atomic E-state index is 11.4. The molecule has 0 heterocycles. The van der Waals surface area contributed by atoms with E-state index in [1.165, 1.54) is 26.2 Å². The van der Waals surface area contributed by atoms with E-state index in [-0.39, 0.29) is 29.9 Å². The fraction of sp³-hybridized carbons (Fsp3) is 0.600. The minimum atomic E-state index is -0.127. The highest BCUT2D eigenvalue weighted by Gasteiger charge is 2.36. The predicted molar refractivity (Wildman–Crippen MR) is 124 cm³/mol. The van der Waals surface area contributed by atoms with E-state index in [1.807, 2.05) is 18.2 Å². The molecule has 1 aliphatic rings. The molecule has 0 radical (unpaired) electrons. The molecule has 0 spiro atoms. The van der Waals surface area contributed by atoms with Crippen molar-refractivity contribution in [3.05, 3.63) is 23.8 Å². The number of anilines is 1. The Morgan fingerprint density at radius 3 is 2.54 bits per heavy atom. The van der Waals surface area contributed by atoms with Crippen LogP contribution in [0.2, 0.25) is 0 Å². The number of hydrogen-bond donors (Lipinski definition) is 3. The number of amides is 1. The zero-order valence-electron chi connectivity index (χ0n) is 17.3. The molecule has 1 saturated carbocycles. The molecule has 0 bridgehead atoms. The van der Waals surface area contributed by atoms with Crippen LogP contribution in [0.1, 0.15) is 38.2 Å². The molecule has 1 amide bonds. The number of halogens is 1. The predicted octanol–water partition coefficient (Wildman–Crippen LogP) is 3.14. The van der Waals surface area contributed by atoms with Gasteiger partial charge in [-0.3, -0.25) is 9.79 Å². The summed E-state index contributed by atoms with van der Waals surface area (Å²) in [6.07, 6.45) is 4.83. The number of aliphatic imine (C=N–C) groups is 1. The molecule has 0 aliphatic heterocycles. The van der Waals surface area contributed by atoms with Crippen molar-refractivity contribution in [2.75, 3.05) is 39.7 Å². The van der Waals surface area contributed by atoms with E-state index in [4.69, 9.17) is 9.47 Å². The van der Waals surface area contributed by atoms with Crippen LogP contribution in [0.4, 0.5) is 5.69 Å². The number of nitrogens with zero attached hydrogens (tertiary/aromatic N) is 1. The zero-order valence-corrected chi connectivity index (χ0v) is 19.6. The van der Waals surface area contributed by atoms with Crippen molar-refractivity contribution in [2.45, 2.75) is 39.2 Å². The molecular weight excluding hydrogens is 471 g/mol. The second-order valence-corrected chi connectivity index (χ2v) is 7.09. The van der Waals surface area contributed by atoms with E-state index in [0.29, 0.717) is 23.4 Å². The third kappa shape index (κ3) is 7.12. The molecule has 158 valence electrons. The summed E-state index contributed by atoms with van der Waals surface area (Å²) in [6.45, 7) is 3.78. The van der Waals surface area contributed by atoms with Crippen LogP contribution in [-0.2, 0) is 16.1 Å². The van der Waals surface area contributed by atoms with Gasteiger partial charge in [-0.1, -0.05) is 12.5 Å². The standard InChI is InChI=1S/C20H32N4O3.HI/c1-15(25)24-17-12-16(6-7-18(17)27-4)13-22-19(21-2)23-14-20(8-5-9-20)10-11-26-3;/h6-7,12H,5,8-11,13-14H2,1-4H3,(H,24,25)(H2,21,22,23);1H. The first-order chi connectivity index (χ1) is 13.0. The third-order valence-corrected chi connectivity index (χ3v) is 5.14. The average Bonchev–Trinajstić information content (AvgIpc) is 2.62. The number of nitrogens with one attached hydrogen (secondary N) is 3. The number of methoxy groups -OCH3 is 2. The smallest absolute Gasteiger partial charge is 0.221 e. The molecule has 1 aromatic rings. The van der Waals surface area contributed by atoms with E-state index < -0.39 is 0 Å². The van der Waals surface area contributed by atoms with Gasteiger partial charge in [-0.25, -0.2) is 0 Å². The van der Waals surface area contributed by atoms with Crippen molar-refractivity contribution in [1.29, 1.82) is 0 Å². The molecule has 0 saturated heterocycles. The number of rotatable bonds is 9. The Bertz CT molecular complexity index is 663. The van der Waals surface area contributed by atoms with Crippen LogP contribution in [0.5, 0.6) is 5.75 Å². The molecular formula is C20H33IN4O3. The van der Waals surface area contributed by atoms with Crippen LogP contribution < -0.4 is 20.7 Å². The maximum Gasteiger partial charge on any atom is 0.221 e. The third-order valence-electron chi connectivity index (χ3n) is 5.14. The Morgan fingerprint density at radius 2 is 2.00 bits per heavy atom. The molecule has 1 aliphatic carbocycles. The van der Waals surface area contributed by atoms with Gasteiger partial charge in [-0.15, -0.1) is 24.0 Å². The van der Waals surface area contributed by atoms with Gasteiger partial charge in [0, 0.05) is 40.8 Å². The molecule has 28 heavy (non-hydrogen) atoms. The molecule has 2 rings (SSSR count). The van der Waals surface area contributed by atoms with Gasteiger partial charge in [0.25, 0.3) is 0 Å². The van der Waals surface area contributed by atoms with Crippen molar-refractivity contribution < 1.29 is 14.3 Å². The number of carbonyl (C=O) groups excluding carboxylic acids is 1. The van der Waals surface area contributed by atoms with Gasteiger partial charge in [0.05, 0.1) is 12.8 Å². The van der Waals surface area contributed by atoms with Crippen molar-refractivity contribution in [1.82, 2.24) is 10.6 Å². The van der Waals surface area contributed by atoms with Gasteiger partial charge in [-0.05, 0) is 42.4 Å².